The standard InChI is InChI=1S/C8H15N3O2/c1-7-9-6-8(10-13-3)11(7)4-5-12-2/h6,10H,4-5H2,1-3H3. The number of hydrogen-bond acceptors (Lipinski definition) is 4. The Morgan fingerprint density at radius 3 is 2.92 bits per heavy atom. The SMILES string of the molecule is COCCn1c(NOC)cnc1C. The fourth-order valence-electron chi connectivity index (χ4n) is 1.12. The van der Waals surface area contributed by atoms with Crippen molar-refractivity contribution in [3.8, 4) is 0 Å². The highest BCUT2D eigenvalue weighted by Crippen LogP contribution is 2.09. The lowest BCUT2D eigenvalue weighted by atomic mass is 10.6. The van der Waals surface area contributed by atoms with Crippen LogP contribution in [0.5, 0.6) is 0 Å². The third-order valence-electron chi connectivity index (χ3n) is 1.78. The summed E-state index contributed by atoms with van der Waals surface area (Å²) in [7, 11) is 3.25. The molecule has 0 aliphatic rings. The molecule has 13 heavy (non-hydrogen) atoms. The Bertz CT molecular complexity index is 260. The van der Waals surface area contributed by atoms with E-state index in [0.29, 0.717) is 6.61 Å². The van der Waals surface area contributed by atoms with Crippen molar-refractivity contribution in [2.45, 2.75) is 13.5 Å². The van der Waals surface area contributed by atoms with Gasteiger partial charge in [0.1, 0.15) is 11.6 Å². The minimum atomic E-state index is 0.662. The number of nitrogens with zero attached hydrogens (tertiary/aromatic N) is 2. The Labute approximate surface area is 77.6 Å². The predicted octanol–water partition coefficient (Wildman–Crippen LogP) is 0.811. The maximum atomic E-state index is 4.99. The van der Waals surface area contributed by atoms with Gasteiger partial charge in [-0.05, 0) is 6.92 Å². The van der Waals surface area contributed by atoms with E-state index in [2.05, 4.69) is 10.5 Å². The van der Waals surface area contributed by atoms with Crippen LogP contribution in [-0.4, -0.2) is 30.4 Å². The average molecular weight is 185 g/mol. The number of anilines is 1. The van der Waals surface area contributed by atoms with Crippen LogP contribution in [0.15, 0.2) is 6.20 Å². The van der Waals surface area contributed by atoms with Crippen LogP contribution in [0.25, 0.3) is 0 Å². The number of nitrogens with one attached hydrogen (secondary N) is 1. The smallest absolute Gasteiger partial charge is 0.150 e. The Balaban J connectivity index is 2.69. The molecule has 1 aromatic rings. The molecule has 5 nitrogen and oxygen atoms in total. The van der Waals surface area contributed by atoms with E-state index >= 15 is 0 Å². The number of hydrogen-bond donors (Lipinski definition) is 1. The van der Waals surface area contributed by atoms with Crippen molar-refractivity contribution < 1.29 is 9.57 Å². The van der Waals surface area contributed by atoms with Crippen molar-refractivity contribution >= 4 is 5.82 Å². The van der Waals surface area contributed by atoms with Gasteiger partial charge in [0.15, 0.2) is 0 Å². The maximum absolute atomic E-state index is 4.99. The first-order valence-corrected chi connectivity index (χ1v) is 4.09. The van der Waals surface area contributed by atoms with Gasteiger partial charge in [-0.3, -0.25) is 4.84 Å². The summed E-state index contributed by atoms with van der Waals surface area (Å²) in [4.78, 5) is 8.96. The summed E-state index contributed by atoms with van der Waals surface area (Å²) < 4.78 is 6.98. The third-order valence-corrected chi connectivity index (χ3v) is 1.78. The minimum absolute atomic E-state index is 0.662. The molecule has 0 unspecified atom stereocenters. The molecule has 0 spiro atoms. The second-order valence-electron chi connectivity index (χ2n) is 2.64. The van der Waals surface area contributed by atoms with Crippen molar-refractivity contribution in [3.63, 3.8) is 0 Å². The molecule has 0 bridgehead atoms. The summed E-state index contributed by atoms with van der Waals surface area (Å²) in [5.74, 6) is 1.79. The molecular formula is C8H15N3O2. The van der Waals surface area contributed by atoms with E-state index in [1.807, 2.05) is 11.5 Å². The molecule has 74 valence electrons. The monoisotopic (exact) mass is 185 g/mol. The zero-order valence-corrected chi connectivity index (χ0v) is 8.20. The molecule has 0 saturated heterocycles. The van der Waals surface area contributed by atoms with Crippen LogP contribution in [0.1, 0.15) is 5.82 Å². The van der Waals surface area contributed by atoms with Gasteiger partial charge >= 0.3 is 0 Å². The lowest BCUT2D eigenvalue weighted by molar-refractivity contribution is 0.185. The van der Waals surface area contributed by atoms with E-state index in [1.165, 1.54) is 0 Å². The summed E-state index contributed by atoms with van der Waals surface area (Å²) in [5.41, 5.74) is 2.75. The Morgan fingerprint density at radius 2 is 2.31 bits per heavy atom. The first kappa shape index (κ1) is 10.0. The van der Waals surface area contributed by atoms with Crippen molar-refractivity contribution in [3.05, 3.63) is 12.0 Å². The quantitative estimate of drug-likeness (QED) is 0.690. The lowest BCUT2D eigenvalue weighted by Crippen LogP contribution is -2.10. The van der Waals surface area contributed by atoms with Gasteiger partial charge in [0.05, 0.1) is 19.9 Å². The molecule has 1 rings (SSSR count). The van der Waals surface area contributed by atoms with E-state index < -0.39 is 0 Å². The molecule has 1 heterocycles. The van der Waals surface area contributed by atoms with Gasteiger partial charge in [-0.2, -0.15) is 0 Å². The second-order valence-corrected chi connectivity index (χ2v) is 2.64. The van der Waals surface area contributed by atoms with Gasteiger partial charge in [0.25, 0.3) is 0 Å². The predicted molar refractivity (Wildman–Crippen MR) is 49.5 cm³/mol. The van der Waals surface area contributed by atoms with E-state index in [0.717, 1.165) is 18.2 Å². The van der Waals surface area contributed by atoms with Crippen LogP contribution in [0.2, 0.25) is 0 Å². The molecule has 0 radical (unpaired) electrons. The second kappa shape index (κ2) is 4.84. The van der Waals surface area contributed by atoms with E-state index in [1.54, 1.807) is 20.4 Å². The van der Waals surface area contributed by atoms with Crippen LogP contribution in [-0.2, 0) is 16.1 Å². The minimum Gasteiger partial charge on any atom is -0.383 e. The first-order valence-electron chi connectivity index (χ1n) is 4.09. The lowest BCUT2D eigenvalue weighted by Gasteiger charge is -2.09. The Hall–Kier alpha value is -1.07. The summed E-state index contributed by atoms with van der Waals surface area (Å²) in [5, 5.41) is 0. The van der Waals surface area contributed by atoms with Crippen molar-refractivity contribution in [2.75, 3.05) is 26.3 Å². The summed E-state index contributed by atoms with van der Waals surface area (Å²) in [6, 6.07) is 0. The average Bonchev–Trinajstić information content (AvgIpc) is 2.45. The van der Waals surface area contributed by atoms with Gasteiger partial charge in [-0.15, -0.1) is 0 Å². The summed E-state index contributed by atoms with van der Waals surface area (Å²) in [6.07, 6.45) is 1.73. The van der Waals surface area contributed by atoms with Gasteiger partial charge < -0.3 is 9.30 Å². The van der Waals surface area contributed by atoms with Crippen molar-refractivity contribution in [1.82, 2.24) is 9.55 Å². The van der Waals surface area contributed by atoms with Crippen LogP contribution in [0, 0.1) is 6.92 Å². The largest absolute Gasteiger partial charge is 0.383 e. The highest BCUT2D eigenvalue weighted by atomic mass is 16.6. The van der Waals surface area contributed by atoms with E-state index in [4.69, 9.17) is 9.57 Å². The number of aromatic nitrogens is 2. The molecule has 0 aromatic carbocycles. The van der Waals surface area contributed by atoms with Gasteiger partial charge in [-0.1, -0.05) is 0 Å². The van der Waals surface area contributed by atoms with Gasteiger partial charge in [0.2, 0.25) is 0 Å². The van der Waals surface area contributed by atoms with Gasteiger partial charge in [-0.25, -0.2) is 10.5 Å². The number of methoxy groups -OCH3 is 1. The van der Waals surface area contributed by atoms with E-state index in [-0.39, 0.29) is 0 Å². The number of imidazole rings is 1. The normalized spacial score (nSPS) is 10.4. The topological polar surface area (TPSA) is 48.3 Å². The van der Waals surface area contributed by atoms with Crippen LogP contribution in [0.4, 0.5) is 5.82 Å². The highest BCUT2D eigenvalue weighted by Gasteiger charge is 2.04. The Morgan fingerprint density at radius 1 is 1.54 bits per heavy atom. The molecule has 0 aliphatic heterocycles. The van der Waals surface area contributed by atoms with Crippen molar-refractivity contribution in [1.29, 1.82) is 0 Å². The maximum Gasteiger partial charge on any atom is 0.150 e. The molecule has 5 heteroatoms. The zero-order chi connectivity index (χ0) is 9.68. The van der Waals surface area contributed by atoms with Crippen LogP contribution in [0.3, 0.4) is 0 Å². The van der Waals surface area contributed by atoms with Crippen LogP contribution < -0.4 is 5.48 Å². The van der Waals surface area contributed by atoms with Crippen LogP contribution >= 0.6 is 0 Å². The fourth-order valence-corrected chi connectivity index (χ4v) is 1.12. The zero-order valence-electron chi connectivity index (χ0n) is 8.20. The number of ether oxygens (including phenoxy) is 1. The highest BCUT2D eigenvalue weighted by molar-refractivity contribution is 5.31. The molecule has 0 amide bonds. The Kier molecular flexibility index (Phi) is 3.72. The first-order chi connectivity index (χ1) is 6.29. The number of rotatable bonds is 5. The van der Waals surface area contributed by atoms with Gasteiger partial charge in [0, 0.05) is 13.7 Å². The number of aryl methyl sites for hydroxylation is 1. The van der Waals surface area contributed by atoms with Crippen molar-refractivity contribution in [2.24, 2.45) is 0 Å². The molecule has 0 fully saturated rings. The summed E-state index contributed by atoms with van der Waals surface area (Å²) >= 11 is 0. The molecule has 0 aliphatic carbocycles. The summed E-state index contributed by atoms with van der Waals surface area (Å²) in [6.45, 7) is 3.38. The molecule has 1 N–H and O–H groups in total. The van der Waals surface area contributed by atoms with E-state index in [9.17, 15) is 0 Å². The fraction of sp³-hybridized carbons (Fsp3) is 0.625. The molecule has 1 aromatic heterocycles. The molecule has 0 saturated carbocycles. The third kappa shape index (κ3) is 2.43. The molecule has 0 atom stereocenters. The molecular weight excluding hydrogens is 170 g/mol.